The summed E-state index contributed by atoms with van der Waals surface area (Å²) < 4.78 is 20.1. The molecule has 1 fully saturated rings. The molecule has 1 saturated carbocycles. The molecule has 5 heteroatoms. The van der Waals surface area contributed by atoms with E-state index in [1.807, 2.05) is 25.1 Å². The number of thiazole rings is 1. The molecule has 2 aromatic carbocycles. The van der Waals surface area contributed by atoms with E-state index >= 15 is 0 Å². The van der Waals surface area contributed by atoms with E-state index in [-0.39, 0.29) is 11.8 Å². The first-order valence-corrected chi connectivity index (χ1v) is 10.2. The summed E-state index contributed by atoms with van der Waals surface area (Å²) >= 11 is 1.66. The maximum atomic E-state index is 13.1. The van der Waals surface area contributed by atoms with Crippen molar-refractivity contribution in [1.29, 1.82) is 0 Å². The second-order valence-corrected chi connectivity index (χ2v) is 8.45. The van der Waals surface area contributed by atoms with Crippen LogP contribution in [-0.2, 0) is 16.0 Å². The summed E-state index contributed by atoms with van der Waals surface area (Å²) in [5.41, 5.74) is 1.29. The van der Waals surface area contributed by atoms with E-state index in [0.717, 1.165) is 46.5 Å². The largest absolute Gasteiger partial charge is 0.457 e. The lowest BCUT2D eigenvalue weighted by molar-refractivity contribution is -0.161. The first-order valence-electron chi connectivity index (χ1n) is 9.37. The number of aromatic nitrogens is 1. The highest BCUT2D eigenvalue weighted by atomic mass is 32.1. The Kier molecular flexibility index (Phi) is 4.96. The molecule has 0 aliphatic heterocycles. The number of halogens is 1. The number of ether oxygens (including phenoxy) is 1. The molecule has 1 unspecified atom stereocenters. The molecule has 1 aromatic heterocycles. The fourth-order valence-electron chi connectivity index (χ4n) is 3.88. The Morgan fingerprint density at radius 2 is 1.89 bits per heavy atom. The van der Waals surface area contributed by atoms with Crippen LogP contribution < -0.4 is 0 Å². The Morgan fingerprint density at radius 3 is 2.59 bits per heavy atom. The molecule has 3 aromatic rings. The van der Waals surface area contributed by atoms with Crippen LogP contribution in [0.2, 0.25) is 0 Å². The van der Waals surface area contributed by atoms with Gasteiger partial charge in [0.1, 0.15) is 11.9 Å². The second-order valence-electron chi connectivity index (χ2n) is 7.34. The molecule has 1 aliphatic rings. The van der Waals surface area contributed by atoms with Gasteiger partial charge in [-0.1, -0.05) is 37.1 Å². The molecular weight excluding hydrogens is 361 g/mol. The van der Waals surface area contributed by atoms with Crippen LogP contribution in [-0.4, -0.2) is 11.0 Å². The summed E-state index contributed by atoms with van der Waals surface area (Å²) in [5, 5.41) is 0.990. The molecule has 140 valence electrons. The van der Waals surface area contributed by atoms with Crippen molar-refractivity contribution in [2.45, 2.75) is 45.1 Å². The summed E-state index contributed by atoms with van der Waals surface area (Å²) in [6.07, 6.45) is 3.96. The quantitative estimate of drug-likeness (QED) is 0.519. The number of nitrogens with zero attached hydrogens (tertiary/aromatic N) is 1. The third-order valence-electron chi connectivity index (χ3n) is 5.44. The van der Waals surface area contributed by atoms with E-state index in [4.69, 9.17) is 9.72 Å². The van der Waals surface area contributed by atoms with Gasteiger partial charge in [0.05, 0.1) is 20.6 Å². The molecule has 1 atom stereocenters. The third-order valence-corrected chi connectivity index (χ3v) is 6.48. The van der Waals surface area contributed by atoms with Crippen molar-refractivity contribution in [3.63, 3.8) is 0 Å². The average Bonchev–Trinajstić information content (AvgIpc) is 3.29. The highest BCUT2D eigenvalue weighted by Gasteiger charge is 2.44. The number of hydrogen-bond donors (Lipinski definition) is 0. The van der Waals surface area contributed by atoms with Crippen molar-refractivity contribution >= 4 is 27.5 Å². The van der Waals surface area contributed by atoms with Crippen LogP contribution in [0.5, 0.6) is 0 Å². The van der Waals surface area contributed by atoms with Gasteiger partial charge in [0.2, 0.25) is 0 Å². The van der Waals surface area contributed by atoms with E-state index < -0.39 is 11.5 Å². The minimum Gasteiger partial charge on any atom is -0.457 e. The molecule has 3 nitrogen and oxygen atoms in total. The first kappa shape index (κ1) is 18.1. The van der Waals surface area contributed by atoms with Crippen molar-refractivity contribution < 1.29 is 13.9 Å². The lowest BCUT2D eigenvalue weighted by atomic mass is 9.83. The molecule has 0 bridgehead atoms. The Labute approximate surface area is 162 Å². The summed E-state index contributed by atoms with van der Waals surface area (Å²) in [6, 6.07) is 14.2. The normalized spacial score (nSPS) is 17.1. The predicted molar refractivity (Wildman–Crippen MR) is 105 cm³/mol. The number of benzene rings is 2. The van der Waals surface area contributed by atoms with Gasteiger partial charge in [-0.15, -0.1) is 11.3 Å². The van der Waals surface area contributed by atoms with Crippen molar-refractivity contribution in [1.82, 2.24) is 4.98 Å². The topological polar surface area (TPSA) is 39.2 Å². The van der Waals surface area contributed by atoms with Gasteiger partial charge in [0.25, 0.3) is 0 Å². The standard InChI is InChI=1S/C22H22FNO2S/c1-15(16-8-10-17(23)11-9-16)26-21(25)22(12-4-5-13-22)14-20-24-18-6-2-3-7-19(18)27-20/h2-3,6-11,15H,4-5,12-14H2,1H3. The van der Waals surface area contributed by atoms with Crippen LogP contribution in [0.3, 0.4) is 0 Å². The van der Waals surface area contributed by atoms with Gasteiger partial charge in [0, 0.05) is 6.42 Å². The average molecular weight is 383 g/mol. The Morgan fingerprint density at radius 1 is 1.19 bits per heavy atom. The van der Waals surface area contributed by atoms with Crippen molar-refractivity contribution in [2.75, 3.05) is 0 Å². The van der Waals surface area contributed by atoms with Gasteiger partial charge in [-0.2, -0.15) is 0 Å². The van der Waals surface area contributed by atoms with Crippen LogP contribution >= 0.6 is 11.3 Å². The zero-order valence-corrected chi connectivity index (χ0v) is 16.1. The molecule has 4 rings (SSSR count). The smallest absolute Gasteiger partial charge is 0.313 e. The van der Waals surface area contributed by atoms with Gasteiger partial charge < -0.3 is 4.74 Å². The van der Waals surface area contributed by atoms with Crippen molar-refractivity contribution in [3.05, 3.63) is 64.9 Å². The molecule has 0 radical (unpaired) electrons. The lowest BCUT2D eigenvalue weighted by Gasteiger charge is -2.27. The second kappa shape index (κ2) is 7.39. The Hall–Kier alpha value is -2.27. The molecule has 0 amide bonds. The Balaban J connectivity index is 1.53. The minimum atomic E-state index is -0.498. The van der Waals surface area contributed by atoms with Gasteiger partial charge in [-0.25, -0.2) is 9.37 Å². The number of fused-ring (bicyclic) bond motifs is 1. The number of esters is 1. The molecule has 27 heavy (non-hydrogen) atoms. The number of rotatable bonds is 5. The summed E-state index contributed by atoms with van der Waals surface area (Å²) in [4.78, 5) is 17.8. The van der Waals surface area contributed by atoms with E-state index in [2.05, 4.69) is 6.07 Å². The van der Waals surface area contributed by atoms with Crippen LogP contribution in [0.25, 0.3) is 10.2 Å². The van der Waals surface area contributed by atoms with Crippen LogP contribution in [0.15, 0.2) is 48.5 Å². The molecule has 1 aliphatic carbocycles. The van der Waals surface area contributed by atoms with Gasteiger partial charge in [-0.05, 0) is 49.6 Å². The van der Waals surface area contributed by atoms with Gasteiger partial charge in [0.15, 0.2) is 0 Å². The minimum absolute atomic E-state index is 0.156. The third kappa shape index (κ3) is 3.74. The van der Waals surface area contributed by atoms with E-state index in [9.17, 15) is 9.18 Å². The summed E-state index contributed by atoms with van der Waals surface area (Å²) in [6.45, 7) is 1.84. The fraction of sp³-hybridized carbons (Fsp3) is 0.364. The molecule has 0 spiro atoms. The molecular formula is C22H22FNO2S. The first-order chi connectivity index (χ1) is 13.1. The summed E-state index contributed by atoms with van der Waals surface area (Å²) in [5.74, 6) is -0.448. The molecule has 0 N–H and O–H groups in total. The van der Waals surface area contributed by atoms with Crippen molar-refractivity contribution in [3.8, 4) is 0 Å². The highest BCUT2D eigenvalue weighted by molar-refractivity contribution is 7.18. The maximum absolute atomic E-state index is 13.1. The monoisotopic (exact) mass is 383 g/mol. The zero-order valence-electron chi connectivity index (χ0n) is 15.3. The fourth-order valence-corrected chi connectivity index (χ4v) is 4.99. The number of carbonyl (C=O) groups excluding carboxylic acids is 1. The van der Waals surface area contributed by atoms with Crippen LogP contribution in [0.1, 0.15) is 49.3 Å². The Bertz CT molecular complexity index is 911. The van der Waals surface area contributed by atoms with E-state index in [1.165, 1.54) is 12.1 Å². The van der Waals surface area contributed by atoms with E-state index in [1.54, 1.807) is 23.5 Å². The van der Waals surface area contributed by atoms with Crippen molar-refractivity contribution in [2.24, 2.45) is 5.41 Å². The van der Waals surface area contributed by atoms with Gasteiger partial charge >= 0.3 is 5.97 Å². The van der Waals surface area contributed by atoms with Crippen LogP contribution in [0.4, 0.5) is 4.39 Å². The maximum Gasteiger partial charge on any atom is 0.313 e. The van der Waals surface area contributed by atoms with Crippen LogP contribution in [0, 0.1) is 11.2 Å². The predicted octanol–water partition coefficient (Wildman–Crippen LogP) is 5.84. The molecule has 0 saturated heterocycles. The highest BCUT2D eigenvalue weighted by Crippen LogP contribution is 2.44. The summed E-state index contributed by atoms with van der Waals surface area (Å²) in [7, 11) is 0. The number of carbonyl (C=O) groups is 1. The lowest BCUT2D eigenvalue weighted by Crippen LogP contribution is -2.33. The SMILES string of the molecule is CC(OC(=O)C1(Cc2nc3ccccc3s2)CCCC1)c1ccc(F)cc1. The van der Waals surface area contributed by atoms with Gasteiger partial charge in [-0.3, -0.25) is 4.79 Å². The molecule has 1 heterocycles. The van der Waals surface area contributed by atoms with E-state index in [0.29, 0.717) is 6.42 Å². The zero-order chi connectivity index (χ0) is 18.9. The number of para-hydroxylation sites is 1. The number of hydrogen-bond acceptors (Lipinski definition) is 4.